The number of amides is 1. The Kier molecular flexibility index (Phi) is 5.26. The highest BCUT2D eigenvalue weighted by Gasteiger charge is 2.21. The SMILES string of the molecule is CCn1c(C(=O)Nc2cc(OC)c(OC)c(OC)c2)c(C)c2ccccc21. The number of fused-ring (bicyclic) bond motifs is 1. The van der Waals surface area contributed by atoms with Crippen molar-refractivity contribution in [3.05, 3.63) is 47.7 Å². The van der Waals surface area contributed by atoms with Gasteiger partial charge in [0.25, 0.3) is 5.91 Å². The maximum atomic E-state index is 13.1. The predicted octanol–water partition coefficient (Wildman–Crippen LogP) is 4.25. The average molecular weight is 368 g/mol. The molecule has 0 aliphatic carbocycles. The maximum absolute atomic E-state index is 13.1. The minimum absolute atomic E-state index is 0.181. The summed E-state index contributed by atoms with van der Waals surface area (Å²) in [5.74, 6) is 1.27. The van der Waals surface area contributed by atoms with Gasteiger partial charge in [0, 0.05) is 35.3 Å². The van der Waals surface area contributed by atoms with E-state index in [0.29, 0.717) is 35.2 Å². The molecule has 0 fully saturated rings. The Balaban J connectivity index is 2.04. The number of rotatable bonds is 6. The first-order chi connectivity index (χ1) is 13.0. The average Bonchev–Trinajstić information content (AvgIpc) is 2.99. The second-order valence-electron chi connectivity index (χ2n) is 6.10. The van der Waals surface area contributed by atoms with Crippen LogP contribution in [0.3, 0.4) is 0 Å². The Morgan fingerprint density at radius 1 is 1.04 bits per heavy atom. The van der Waals surface area contributed by atoms with E-state index < -0.39 is 0 Å². The van der Waals surface area contributed by atoms with Crippen LogP contribution in [0.4, 0.5) is 5.69 Å². The molecule has 0 saturated carbocycles. The summed E-state index contributed by atoms with van der Waals surface area (Å²) in [7, 11) is 4.63. The normalized spacial score (nSPS) is 10.7. The van der Waals surface area contributed by atoms with Crippen LogP contribution in [-0.4, -0.2) is 31.8 Å². The molecule has 3 aromatic rings. The molecule has 0 radical (unpaired) electrons. The number of ether oxygens (including phenoxy) is 3. The fourth-order valence-electron chi connectivity index (χ4n) is 3.44. The summed E-state index contributed by atoms with van der Waals surface area (Å²) in [4.78, 5) is 13.1. The van der Waals surface area contributed by atoms with Crippen LogP contribution in [0.15, 0.2) is 36.4 Å². The number of hydrogen-bond acceptors (Lipinski definition) is 4. The molecule has 142 valence electrons. The van der Waals surface area contributed by atoms with Crippen LogP contribution in [-0.2, 0) is 6.54 Å². The number of hydrogen-bond donors (Lipinski definition) is 1. The van der Waals surface area contributed by atoms with Gasteiger partial charge < -0.3 is 24.1 Å². The third-order valence-corrected chi connectivity index (χ3v) is 4.68. The number of aryl methyl sites for hydroxylation is 2. The zero-order valence-corrected chi connectivity index (χ0v) is 16.3. The summed E-state index contributed by atoms with van der Waals surface area (Å²) < 4.78 is 18.1. The first-order valence-corrected chi connectivity index (χ1v) is 8.74. The lowest BCUT2D eigenvalue weighted by molar-refractivity contribution is 0.101. The molecule has 1 heterocycles. The highest BCUT2D eigenvalue weighted by atomic mass is 16.5. The molecule has 6 nitrogen and oxygen atoms in total. The zero-order valence-electron chi connectivity index (χ0n) is 16.3. The minimum Gasteiger partial charge on any atom is -0.493 e. The van der Waals surface area contributed by atoms with E-state index in [1.165, 1.54) is 0 Å². The number of carbonyl (C=O) groups excluding carboxylic acids is 1. The van der Waals surface area contributed by atoms with Gasteiger partial charge >= 0.3 is 0 Å². The summed E-state index contributed by atoms with van der Waals surface area (Å²) in [6.45, 7) is 4.70. The van der Waals surface area contributed by atoms with Gasteiger partial charge in [-0.05, 0) is 25.5 Å². The van der Waals surface area contributed by atoms with Crippen LogP contribution in [0, 0.1) is 6.92 Å². The van der Waals surface area contributed by atoms with Gasteiger partial charge in [-0.25, -0.2) is 0 Å². The van der Waals surface area contributed by atoms with E-state index in [0.717, 1.165) is 16.5 Å². The number of aromatic nitrogens is 1. The minimum atomic E-state index is -0.181. The lowest BCUT2D eigenvalue weighted by atomic mass is 10.1. The fraction of sp³-hybridized carbons (Fsp3) is 0.286. The molecule has 6 heteroatoms. The predicted molar refractivity (Wildman–Crippen MR) is 106 cm³/mol. The van der Waals surface area contributed by atoms with Crippen molar-refractivity contribution in [3.63, 3.8) is 0 Å². The second-order valence-corrected chi connectivity index (χ2v) is 6.10. The number of benzene rings is 2. The third kappa shape index (κ3) is 3.18. The maximum Gasteiger partial charge on any atom is 0.272 e. The lowest BCUT2D eigenvalue weighted by Gasteiger charge is -2.15. The largest absolute Gasteiger partial charge is 0.493 e. The molecule has 1 aromatic heterocycles. The molecule has 1 amide bonds. The van der Waals surface area contributed by atoms with Crippen molar-refractivity contribution < 1.29 is 19.0 Å². The number of carbonyl (C=O) groups is 1. The number of nitrogens with one attached hydrogen (secondary N) is 1. The number of methoxy groups -OCH3 is 3. The fourth-order valence-corrected chi connectivity index (χ4v) is 3.44. The molecule has 0 spiro atoms. The van der Waals surface area contributed by atoms with Crippen LogP contribution in [0.1, 0.15) is 23.0 Å². The molecule has 0 aliphatic heterocycles. The van der Waals surface area contributed by atoms with Crippen molar-refractivity contribution in [1.82, 2.24) is 4.57 Å². The van der Waals surface area contributed by atoms with Gasteiger partial charge in [-0.2, -0.15) is 0 Å². The van der Waals surface area contributed by atoms with Gasteiger partial charge in [0.15, 0.2) is 11.5 Å². The second kappa shape index (κ2) is 7.61. The Labute approximate surface area is 158 Å². The Hall–Kier alpha value is -3.15. The monoisotopic (exact) mass is 368 g/mol. The van der Waals surface area contributed by atoms with Gasteiger partial charge in [0.1, 0.15) is 5.69 Å². The quantitative estimate of drug-likeness (QED) is 0.707. The summed E-state index contributed by atoms with van der Waals surface area (Å²) in [5, 5.41) is 4.04. The van der Waals surface area contributed by atoms with Gasteiger partial charge in [-0.15, -0.1) is 0 Å². The Bertz CT molecular complexity index is 966. The van der Waals surface area contributed by atoms with Crippen LogP contribution in [0.2, 0.25) is 0 Å². The van der Waals surface area contributed by atoms with Gasteiger partial charge in [-0.1, -0.05) is 18.2 Å². The van der Waals surface area contributed by atoms with Gasteiger partial charge in [-0.3, -0.25) is 4.79 Å². The molecule has 0 bridgehead atoms. The van der Waals surface area contributed by atoms with Crippen LogP contribution >= 0.6 is 0 Å². The van der Waals surface area contributed by atoms with E-state index in [9.17, 15) is 4.79 Å². The van der Waals surface area contributed by atoms with E-state index in [1.54, 1.807) is 33.5 Å². The Morgan fingerprint density at radius 3 is 2.22 bits per heavy atom. The smallest absolute Gasteiger partial charge is 0.272 e. The molecule has 0 saturated heterocycles. The van der Waals surface area contributed by atoms with Crippen molar-refractivity contribution in [1.29, 1.82) is 0 Å². The van der Waals surface area contributed by atoms with E-state index in [-0.39, 0.29) is 5.91 Å². The highest BCUT2D eigenvalue weighted by Crippen LogP contribution is 2.40. The standard InChI is InChI=1S/C21H24N2O4/c1-6-23-16-10-8-7-9-15(16)13(2)19(23)21(24)22-14-11-17(25-3)20(27-5)18(12-14)26-4/h7-12H,6H2,1-5H3,(H,22,24). The molecule has 0 unspecified atom stereocenters. The molecule has 0 aliphatic rings. The number of para-hydroxylation sites is 1. The number of nitrogens with zero attached hydrogens (tertiary/aromatic N) is 1. The molecule has 27 heavy (non-hydrogen) atoms. The molecule has 3 rings (SSSR count). The van der Waals surface area contributed by atoms with E-state index in [1.807, 2.05) is 42.7 Å². The van der Waals surface area contributed by atoms with Crippen LogP contribution < -0.4 is 19.5 Å². The Morgan fingerprint density at radius 2 is 1.67 bits per heavy atom. The van der Waals surface area contributed by atoms with E-state index in [2.05, 4.69) is 5.32 Å². The van der Waals surface area contributed by atoms with Crippen LogP contribution in [0.25, 0.3) is 10.9 Å². The van der Waals surface area contributed by atoms with Crippen molar-refractivity contribution >= 4 is 22.5 Å². The molecule has 2 aromatic carbocycles. The molecular weight excluding hydrogens is 344 g/mol. The molecule has 1 N–H and O–H groups in total. The first-order valence-electron chi connectivity index (χ1n) is 8.74. The summed E-state index contributed by atoms with van der Waals surface area (Å²) in [6.07, 6.45) is 0. The van der Waals surface area contributed by atoms with Crippen molar-refractivity contribution in [3.8, 4) is 17.2 Å². The molecule has 0 atom stereocenters. The third-order valence-electron chi connectivity index (χ3n) is 4.68. The summed E-state index contributed by atoms with van der Waals surface area (Å²) in [5.41, 5.74) is 3.22. The topological polar surface area (TPSA) is 61.7 Å². The molecular formula is C21H24N2O4. The highest BCUT2D eigenvalue weighted by molar-refractivity contribution is 6.08. The van der Waals surface area contributed by atoms with Gasteiger partial charge in [0.05, 0.1) is 21.3 Å². The van der Waals surface area contributed by atoms with Crippen molar-refractivity contribution in [2.45, 2.75) is 20.4 Å². The summed E-state index contributed by atoms with van der Waals surface area (Å²) >= 11 is 0. The van der Waals surface area contributed by atoms with E-state index in [4.69, 9.17) is 14.2 Å². The van der Waals surface area contributed by atoms with Gasteiger partial charge in [0.2, 0.25) is 5.75 Å². The zero-order chi connectivity index (χ0) is 19.6. The first kappa shape index (κ1) is 18.6. The number of anilines is 1. The lowest BCUT2D eigenvalue weighted by Crippen LogP contribution is -2.18. The summed E-state index contributed by atoms with van der Waals surface area (Å²) in [6, 6.07) is 11.5. The van der Waals surface area contributed by atoms with Crippen molar-refractivity contribution in [2.75, 3.05) is 26.6 Å². The van der Waals surface area contributed by atoms with E-state index >= 15 is 0 Å². The van der Waals surface area contributed by atoms with Crippen LogP contribution in [0.5, 0.6) is 17.2 Å². The van der Waals surface area contributed by atoms with Crippen molar-refractivity contribution in [2.24, 2.45) is 0 Å².